The molecule has 1 aromatic heterocycles. The SMILES string of the molecule is CCOC(=O)c1c(-c2ccccc2)oc2cc(Br)c(OCC(=O)c3ccc(OC)cc3)cc12. The molecule has 1 heterocycles. The molecule has 4 aromatic rings. The van der Waals surface area contributed by atoms with Crippen molar-refractivity contribution in [2.24, 2.45) is 0 Å². The summed E-state index contributed by atoms with van der Waals surface area (Å²) in [7, 11) is 1.57. The Balaban J connectivity index is 1.68. The number of esters is 1. The van der Waals surface area contributed by atoms with Crippen LogP contribution in [0.3, 0.4) is 0 Å². The van der Waals surface area contributed by atoms with E-state index in [2.05, 4.69) is 15.9 Å². The van der Waals surface area contributed by atoms with E-state index in [0.717, 1.165) is 5.56 Å². The van der Waals surface area contributed by atoms with E-state index in [1.165, 1.54) is 0 Å². The van der Waals surface area contributed by atoms with Gasteiger partial charge in [0.05, 0.1) is 18.2 Å². The minimum Gasteiger partial charge on any atom is -0.497 e. The lowest BCUT2D eigenvalue weighted by atomic mass is 10.1. The summed E-state index contributed by atoms with van der Waals surface area (Å²) in [5.41, 5.74) is 2.08. The van der Waals surface area contributed by atoms with Crippen LogP contribution in [0.1, 0.15) is 27.6 Å². The zero-order valence-corrected chi connectivity index (χ0v) is 19.7. The van der Waals surface area contributed by atoms with E-state index in [1.807, 2.05) is 30.3 Å². The van der Waals surface area contributed by atoms with Gasteiger partial charge in [-0.3, -0.25) is 4.79 Å². The minimum absolute atomic E-state index is 0.172. The highest BCUT2D eigenvalue weighted by Gasteiger charge is 2.25. The van der Waals surface area contributed by atoms with Gasteiger partial charge >= 0.3 is 5.97 Å². The van der Waals surface area contributed by atoms with E-state index < -0.39 is 5.97 Å². The van der Waals surface area contributed by atoms with Crippen LogP contribution in [0.2, 0.25) is 0 Å². The Hall–Kier alpha value is -3.58. The fraction of sp³-hybridized carbons (Fsp3) is 0.154. The van der Waals surface area contributed by atoms with Crippen LogP contribution < -0.4 is 9.47 Å². The summed E-state index contributed by atoms with van der Waals surface area (Å²) in [5, 5.41) is 0.544. The lowest BCUT2D eigenvalue weighted by Crippen LogP contribution is -2.12. The fourth-order valence-electron chi connectivity index (χ4n) is 3.41. The van der Waals surface area contributed by atoms with Crippen LogP contribution in [0.15, 0.2) is 75.6 Å². The van der Waals surface area contributed by atoms with Gasteiger partial charge in [-0.15, -0.1) is 0 Å². The number of fused-ring (bicyclic) bond motifs is 1. The van der Waals surface area contributed by atoms with Crippen LogP contribution in [-0.2, 0) is 4.74 Å². The summed E-state index contributed by atoms with van der Waals surface area (Å²) in [6, 6.07) is 19.6. The second kappa shape index (κ2) is 9.92. The first-order chi connectivity index (χ1) is 16.0. The molecule has 0 fully saturated rings. The third-order valence-electron chi connectivity index (χ3n) is 5.03. The number of ketones is 1. The molecule has 0 saturated carbocycles. The molecule has 0 bridgehead atoms. The van der Waals surface area contributed by atoms with E-state index in [0.29, 0.717) is 43.8 Å². The molecule has 3 aromatic carbocycles. The monoisotopic (exact) mass is 508 g/mol. The second-order valence-electron chi connectivity index (χ2n) is 7.11. The number of carbonyl (C=O) groups excluding carboxylic acids is 2. The number of ether oxygens (including phenoxy) is 3. The first kappa shape index (κ1) is 22.6. The van der Waals surface area contributed by atoms with Crippen LogP contribution >= 0.6 is 15.9 Å². The van der Waals surface area contributed by atoms with Gasteiger partial charge < -0.3 is 18.6 Å². The van der Waals surface area contributed by atoms with Gasteiger partial charge in [-0.05, 0) is 59.3 Å². The van der Waals surface area contributed by atoms with E-state index in [4.69, 9.17) is 18.6 Å². The maximum atomic E-state index is 12.8. The summed E-state index contributed by atoms with van der Waals surface area (Å²) in [5.74, 6) is 0.823. The molecule has 0 unspecified atom stereocenters. The van der Waals surface area contributed by atoms with Crippen molar-refractivity contribution >= 4 is 38.7 Å². The third kappa shape index (κ3) is 4.78. The molecule has 0 aliphatic rings. The molecular weight excluding hydrogens is 488 g/mol. The van der Waals surface area contributed by atoms with Gasteiger partial charge in [-0.25, -0.2) is 4.79 Å². The van der Waals surface area contributed by atoms with Crippen LogP contribution in [0.25, 0.3) is 22.3 Å². The third-order valence-corrected chi connectivity index (χ3v) is 5.65. The van der Waals surface area contributed by atoms with Gasteiger partial charge in [0.15, 0.2) is 12.4 Å². The molecule has 33 heavy (non-hydrogen) atoms. The Bertz CT molecular complexity index is 1290. The minimum atomic E-state index is -0.488. The number of methoxy groups -OCH3 is 1. The Morgan fingerprint density at radius 1 is 1.00 bits per heavy atom. The first-order valence-electron chi connectivity index (χ1n) is 10.3. The Morgan fingerprint density at radius 3 is 2.39 bits per heavy atom. The summed E-state index contributed by atoms with van der Waals surface area (Å²) >= 11 is 3.47. The smallest absolute Gasteiger partial charge is 0.342 e. The lowest BCUT2D eigenvalue weighted by Gasteiger charge is -2.09. The van der Waals surface area contributed by atoms with Crippen LogP contribution in [-0.4, -0.2) is 32.1 Å². The van der Waals surface area contributed by atoms with Gasteiger partial charge in [0, 0.05) is 16.5 Å². The molecule has 168 valence electrons. The summed E-state index contributed by atoms with van der Waals surface area (Å²) in [6.45, 7) is 1.81. The summed E-state index contributed by atoms with van der Waals surface area (Å²) in [6.07, 6.45) is 0. The van der Waals surface area contributed by atoms with E-state index >= 15 is 0 Å². The highest BCUT2D eigenvalue weighted by atomic mass is 79.9. The van der Waals surface area contributed by atoms with Crippen molar-refractivity contribution in [1.82, 2.24) is 0 Å². The van der Waals surface area contributed by atoms with Crippen LogP contribution in [0, 0.1) is 0 Å². The highest BCUT2D eigenvalue weighted by molar-refractivity contribution is 9.10. The Morgan fingerprint density at radius 2 is 1.73 bits per heavy atom. The predicted octanol–water partition coefficient (Wildman–Crippen LogP) is 6.31. The first-order valence-corrected chi connectivity index (χ1v) is 11.1. The molecule has 0 radical (unpaired) electrons. The number of rotatable bonds is 8. The Labute approximate surface area is 199 Å². The summed E-state index contributed by atoms with van der Waals surface area (Å²) in [4.78, 5) is 25.4. The van der Waals surface area contributed by atoms with E-state index in [-0.39, 0.29) is 19.0 Å². The lowest BCUT2D eigenvalue weighted by molar-refractivity contribution is 0.0528. The number of hydrogen-bond acceptors (Lipinski definition) is 6. The van der Waals surface area contributed by atoms with E-state index in [9.17, 15) is 9.59 Å². The van der Waals surface area contributed by atoms with Gasteiger partial charge in [0.25, 0.3) is 0 Å². The molecule has 0 amide bonds. The van der Waals surface area contributed by atoms with Crippen molar-refractivity contribution in [3.63, 3.8) is 0 Å². The number of halogens is 1. The number of Topliss-reactive ketones (excluding diaryl/α,β-unsaturated/α-hetero) is 1. The van der Waals surface area contributed by atoms with Crippen molar-refractivity contribution < 1.29 is 28.2 Å². The van der Waals surface area contributed by atoms with Crippen molar-refractivity contribution in [2.75, 3.05) is 20.3 Å². The van der Waals surface area contributed by atoms with Crippen molar-refractivity contribution in [3.05, 3.63) is 82.3 Å². The second-order valence-corrected chi connectivity index (χ2v) is 7.97. The number of hydrogen-bond donors (Lipinski definition) is 0. The molecule has 0 spiro atoms. The topological polar surface area (TPSA) is 75.0 Å². The van der Waals surface area contributed by atoms with Crippen LogP contribution in [0.4, 0.5) is 0 Å². The largest absolute Gasteiger partial charge is 0.497 e. The number of benzene rings is 3. The molecule has 0 N–H and O–H groups in total. The highest BCUT2D eigenvalue weighted by Crippen LogP contribution is 2.39. The fourth-order valence-corrected chi connectivity index (χ4v) is 3.85. The number of furan rings is 1. The molecule has 4 rings (SSSR count). The van der Waals surface area contributed by atoms with Gasteiger partial charge in [0.2, 0.25) is 0 Å². The van der Waals surface area contributed by atoms with Crippen molar-refractivity contribution in [3.8, 4) is 22.8 Å². The molecular formula is C26H21BrO6. The van der Waals surface area contributed by atoms with Crippen LogP contribution in [0.5, 0.6) is 11.5 Å². The quantitative estimate of drug-likeness (QED) is 0.205. The maximum Gasteiger partial charge on any atom is 0.342 e. The molecule has 0 atom stereocenters. The van der Waals surface area contributed by atoms with Gasteiger partial charge in [-0.1, -0.05) is 30.3 Å². The summed E-state index contributed by atoms with van der Waals surface area (Å²) < 4.78 is 22.9. The average molecular weight is 509 g/mol. The molecule has 0 aliphatic carbocycles. The standard InChI is InChI=1S/C26H21BrO6/c1-3-31-26(29)24-19-13-23(32-15-21(28)16-9-11-18(30-2)12-10-16)20(27)14-22(19)33-25(24)17-7-5-4-6-8-17/h4-14H,3,15H2,1-2H3. The van der Waals surface area contributed by atoms with Crippen molar-refractivity contribution in [1.29, 1.82) is 0 Å². The number of carbonyl (C=O) groups is 2. The molecule has 0 saturated heterocycles. The Kier molecular flexibility index (Phi) is 6.79. The average Bonchev–Trinajstić information content (AvgIpc) is 3.21. The normalized spacial score (nSPS) is 10.8. The zero-order valence-electron chi connectivity index (χ0n) is 18.1. The molecule has 0 aliphatic heterocycles. The van der Waals surface area contributed by atoms with Crippen molar-refractivity contribution in [2.45, 2.75) is 6.92 Å². The van der Waals surface area contributed by atoms with E-state index in [1.54, 1.807) is 50.4 Å². The van der Waals surface area contributed by atoms with Gasteiger partial charge in [-0.2, -0.15) is 0 Å². The maximum absolute atomic E-state index is 12.8. The predicted molar refractivity (Wildman–Crippen MR) is 128 cm³/mol. The molecule has 7 heteroatoms. The zero-order chi connectivity index (χ0) is 23.4. The molecule has 6 nitrogen and oxygen atoms in total. The van der Waals surface area contributed by atoms with Gasteiger partial charge in [0.1, 0.15) is 28.4 Å².